The van der Waals surface area contributed by atoms with Crippen LogP contribution in [0.3, 0.4) is 0 Å². The lowest BCUT2D eigenvalue weighted by atomic mass is 9.49. The van der Waals surface area contributed by atoms with Crippen LogP contribution < -0.4 is 0 Å². The summed E-state index contributed by atoms with van der Waals surface area (Å²) in [5.41, 5.74) is 1.62. The SMILES string of the molecule is CC(C)CC(=O)[C@H]1CC[C@H]2[C@@H]3CN(C)C4=CC(=O)CC[C@]4(C)[C@H]3CC[C@]12C. The summed E-state index contributed by atoms with van der Waals surface area (Å²) >= 11 is 0. The average molecular weight is 372 g/mol. The van der Waals surface area contributed by atoms with E-state index < -0.39 is 0 Å². The van der Waals surface area contributed by atoms with Gasteiger partial charge >= 0.3 is 0 Å². The van der Waals surface area contributed by atoms with Crippen molar-refractivity contribution < 1.29 is 9.59 Å². The molecule has 3 fully saturated rings. The number of hydrogen-bond acceptors (Lipinski definition) is 3. The minimum atomic E-state index is 0.146. The lowest BCUT2D eigenvalue weighted by Gasteiger charge is -2.60. The largest absolute Gasteiger partial charge is 0.377 e. The maximum Gasteiger partial charge on any atom is 0.157 e. The minimum Gasteiger partial charge on any atom is -0.377 e. The van der Waals surface area contributed by atoms with Crippen LogP contribution in [0.25, 0.3) is 0 Å². The molecule has 0 unspecified atom stereocenters. The molecule has 1 heterocycles. The van der Waals surface area contributed by atoms with Crippen molar-refractivity contribution in [3.8, 4) is 0 Å². The second-order valence-corrected chi connectivity index (χ2v) is 10.9. The Morgan fingerprint density at radius 3 is 2.63 bits per heavy atom. The summed E-state index contributed by atoms with van der Waals surface area (Å²) < 4.78 is 0. The van der Waals surface area contributed by atoms with Crippen LogP contribution in [0, 0.1) is 40.4 Å². The molecular formula is C24H37NO2. The number of nitrogens with zero attached hydrogens (tertiary/aromatic N) is 1. The fourth-order valence-corrected chi connectivity index (χ4v) is 7.64. The summed E-state index contributed by atoms with van der Waals surface area (Å²) in [4.78, 5) is 27.5. The summed E-state index contributed by atoms with van der Waals surface area (Å²) in [6.45, 7) is 10.2. The molecule has 4 aliphatic rings. The molecule has 3 aliphatic carbocycles. The summed E-state index contributed by atoms with van der Waals surface area (Å²) in [6.07, 6.45) is 9.11. The van der Waals surface area contributed by atoms with E-state index in [-0.39, 0.29) is 16.7 Å². The van der Waals surface area contributed by atoms with Gasteiger partial charge in [0, 0.05) is 49.5 Å². The van der Waals surface area contributed by atoms with Crippen LogP contribution in [0.2, 0.25) is 0 Å². The Morgan fingerprint density at radius 2 is 1.93 bits per heavy atom. The Bertz CT molecular complexity index is 680. The number of piperidine rings is 1. The molecule has 0 aromatic heterocycles. The van der Waals surface area contributed by atoms with Gasteiger partial charge in [-0.25, -0.2) is 0 Å². The molecule has 4 rings (SSSR count). The first-order valence-electron chi connectivity index (χ1n) is 11.2. The molecule has 0 spiro atoms. The second-order valence-electron chi connectivity index (χ2n) is 10.9. The van der Waals surface area contributed by atoms with E-state index in [9.17, 15) is 9.59 Å². The Labute approximate surface area is 165 Å². The van der Waals surface area contributed by atoms with Crippen LogP contribution >= 0.6 is 0 Å². The fourth-order valence-electron chi connectivity index (χ4n) is 7.64. The molecule has 0 radical (unpaired) electrons. The molecule has 27 heavy (non-hydrogen) atoms. The number of Topliss-reactive ketones (excluding diaryl/α,β-unsaturated/α-hetero) is 1. The average Bonchev–Trinajstić information content (AvgIpc) is 2.93. The van der Waals surface area contributed by atoms with Crippen molar-refractivity contribution in [3.63, 3.8) is 0 Å². The van der Waals surface area contributed by atoms with Gasteiger partial charge in [0.05, 0.1) is 0 Å². The van der Waals surface area contributed by atoms with E-state index in [0.29, 0.717) is 41.7 Å². The van der Waals surface area contributed by atoms with Crippen LogP contribution in [0.15, 0.2) is 11.8 Å². The molecule has 3 nitrogen and oxygen atoms in total. The van der Waals surface area contributed by atoms with Gasteiger partial charge in [0.2, 0.25) is 0 Å². The quantitative estimate of drug-likeness (QED) is 0.711. The van der Waals surface area contributed by atoms with Crippen LogP contribution in [-0.2, 0) is 9.59 Å². The van der Waals surface area contributed by atoms with Gasteiger partial charge in [0.15, 0.2) is 5.78 Å². The molecule has 1 saturated heterocycles. The van der Waals surface area contributed by atoms with E-state index in [1.54, 1.807) is 0 Å². The molecule has 3 heteroatoms. The van der Waals surface area contributed by atoms with E-state index in [1.165, 1.54) is 25.0 Å². The normalized spacial score (nSPS) is 43.9. The number of rotatable bonds is 3. The highest BCUT2D eigenvalue weighted by Crippen LogP contribution is 2.65. The van der Waals surface area contributed by atoms with Gasteiger partial charge in [-0.2, -0.15) is 0 Å². The van der Waals surface area contributed by atoms with E-state index in [2.05, 4.69) is 39.6 Å². The van der Waals surface area contributed by atoms with Crippen LogP contribution in [-0.4, -0.2) is 30.1 Å². The van der Waals surface area contributed by atoms with E-state index >= 15 is 0 Å². The van der Waals surface area contributed by atoms with E-state index in [1.807, 2.05) is 6.08 Å². The predicted molar refractivity (Wildman–Crippen MR) is 108 cm³/mol. The highest BCUT2D eigenvalue weighted by Gasteiger charge is 2.60. The third-order valence-corrected chi connectivity index (χ3v) is 8.92. The van der Waals surface area contributed by atoms with Gasteiger partial charge in [0.25, 0.3) is 0 Å². The van der Waals surface area contributed by atoms with Gasteiger partial charge in [-0.05, 0) is 61.2 Å². The van der Waals surface area contributed by atoms with Gasteiger partial charge < -0.3 is 4.90 Å². The number of carbonyl (C=O) groups is 2. The fraction of sp³-hybridized carbons (Fsp3) is 0.833. The van der Waals surface area contributed by atoms with E-state index in [0.717, 1.165) is 25.8 Å². The van der Waals surface area contributed by atoms with Gasteiger partial charge in [-0.15, -0.1) is 0 Å². The molecular weight excluding hydrogens is 334 g/mol. The maximum absolute atomic E-state index is 13.0. The van der Waals surface area contributed by atoms with Crippen molar-refractivity contribution in [1.82, 2.24) is 4.90 Å². The van der Waals surface area contributed by atoms with Gasteiger partial charge in [-0.1, -0.05) is 27.7 Å². The molecule has 0 aromatic carbocycles. The highest BCUT2D eigenvalue weighted by atomic mass is 16.1. The molecule has 0 amide bonds. The molecule has 6 atom stereocenters. The maximum atomic E-state index is 13.0. The molecule has 0 bridgehead atoms. The van der Waals surface area contributed by atoms with Crippen LogP contribution in [0.5, 0.6) is 0 Å². The molecule has 1 aliphatic heterocycles. The summed E-state index contributed by atoms with van der Waals surface area (Å²) in [5.74, 6) is 3.56. The summed E-state index contributed by atoms with van der Waals surface area (Å²) in [5, 5.41) is 0. The third-order valence-electron chi connectivity index (χ3n) is 8.92. The number of carbonyl (C=O) groups excluding carboxylic acids is 2. The van der Waals surface area contributed by atoms with Crippen molar-refractivity contribution in [3.05, 3.63) is 11.8 Å². The Morgan fingerprint density at radius 1 is 1.19 bits per heavy atom. The second kappa shape index (κ2) is 6.46. The lowest BCUT2D eigenvalue weighted by Crippen LogP contribution is -2.57. The monoisotopic (exact) mass is 371 g/mol. The van der Waals surface area contributed by atoms with Crippen molar-refractivity contribution in [2.45, 2.75) is 72.6 Å². The standard InChI is InChI=1S/C24H37NO2/c1-15(2)12-21(27)20-7-6-18-17-14-25(5)22-13-16(26)8-10-24(22,4)19(17)9-11-23(18,20)3/h13,15,17-20H,6-12,14H2,1-5H3/t17-,18-,19-,20+,23-,24+/m0/s1. The van der Waals surface area contributed by atoms with Crippen LogP contribution in [0.1, 0.15) is 72.6 Å². The molecule has 2 saturated carbocycles. The lowest BCUT2D eigenvalue weighted by molar-refractivity contribution is -0.132. The Balaban J connectivity index is 1.63. The Hall–Kier alpha value is -1.12. The smallest absolute Gasteiger partial charge is 0.157 e. The molecule has 0 aromatic rings. The number of allylic oxidation sites excluding steroid dienone is 2. The number of fused-ring (bicyclic) bond motifs is 5. The molecule has 150 valence electrons. The van der Waals surface area contributed by atoms with Crippen molar-refractivity contribution >= 4 is 11.6 Å². The summed E-state index contributed by atoms with van der Waals surface area (Å²) in [7, 11) is 2.18. The van der Waals surface area contributed by atoms with Gasteiger partial charge in [0.1, 0.15) is 5.78 Å². The van der Waals surface area contributed by atoms with Gasteiger partial charge in [-0.3, -0.25) is 9.59 Å². The topological polar surface area (TPSA) is 37.4 Å². The predicted octanol–water partition coefficient (Wildman–Crippen LogP) is 4.86. The number of hydrogen-bond donors (Lipinski definition) is 0. The van der Waals surface area contributed by atoms with Crippen molar-refractivity contribution in [2.75, 3.05) is 13.6 Å². The molecule has 0 N–H and O–H groups in total. The van der Waals surface area contributed by atoms with Crippen molar-refractivity contribution in [1.29, 1.82) is 0 Å². The number of likely N-dealkylation sites (tertiary alicyclic amines) is 1. The Kier molecular flexibility index (Phi) is 4.59. The van der Waals surface area contributed by atoms with Crippen LogP contribution in [0.4, 0.5) is 0 Å². The van der Waals surface area contributed by atoms with Crippen molar-refractivity contribution in [2.24, 2.45) is 40.4 Å². The highest BCUT2D eigenvalue weighted by molar-refractivity contribution is 5.91. The first-order chi connectivity index (χ1) is 12.7. The zero-order chi connectivity index (χ0) is 19.6. The summed E-state index contributed by atoms with van der Waals surface area (Å²) in [6, 6.07) is 0. The minimum absolute atomic E-state index is 0.146. The van der Waals surface area contributed by atoms with E-state index in [4.69, 9.17) is 0 Å². The first-order valence-corrected chi connectivity index (χ1v) is 11.2. The first kappa shape index (κ1) is 19.2. The third kappa shape index (κ3) is 2.83. The number of ketones is 2. The zero-order valence-electron chi connectivity index (χ0n) is 17.9. The zero-order valence-corrected chi connectivity index (χ0v) is 17.9.